The molecule has 2 rings (SSSR count). The predicted molar refractivity (Wildman–Crippen MR) is 88.4 cm³/mol. The summed E-state index contributed by atoms with van der Waals surface area (Å²) in [6, 6.07) is 8.58. The van der Waals surface area contributed by atoms with Crippen molar-refractivity contribution in [1.29, 1.82) is 0 Å². The van der Waals surface area contributed by atoms with Gasteiger partial charge >= 0.3 is 0 Å². The molecule has 0 spiro atoms. The lowest BCUT2D eigenvalue weighted by molar-refractivity contribution is 0.294. The van der Waals surface area contributed by atoms with E-state index in [4.69, 9.17) is 4.74 Å². The van der Waals surface area contributed by atoms with E-state index in [0.717, 1.165) is 28.2 Å². The Hall–Kier alpha value is -1.33. The van der Waals surface area contributed by atoms with Crippen molar-refractivity contribution >= 4 is 15.9 Å². The maximum Gasteiger partial charge on any atom is 0.130 e. The van der Waals surface area contributed by atoms with Crippen LogP contribution in [0.15, 0.2) is 28.7 Å². The molecule has 0 unspecified atom stereocenters. The third-order valence-electron chi connectivity index (χ3n) is 3.20. The van der Waals surface area contributed by atoms with Crippen LogP contribution in [0.2, 0.25) is 0 Å². The molecule has 0 saturated carbocycles. The molecule has 4 nitrogen and oxygen atoms in total. The van der Waals surface area contributed by atoms with E-state index in [1.807, 2.05) is 36.9 Å². The zero-order valence-electron chi connectivity index (χ0n) is 13.0. The van der Waals surface area contributed by atoms with E-state index in [1.165, 1.54) is 5.56 Å². The van der Waals surface area contributed by atoms with Crippen molar-refractivity contribution in [3.8, 4) is 5.75 Å². The van der Waals surface area contributed by atoms with E-state index in [9.17, 15) is 0 Å². The topological polar surface area (TPSA) is 39.1 Å². The molecule has 5 heteroatoms. The highest BCUT2D eigenvalue weighted by Gasteiger charge is 2.06. The Morgan fingerprint density at radius 2 is 2.10 bits per heavy atom. The van der Waals surface area contributed by atoms with Gasteiger partial charge in [-0.3, -0.25) is 4.68 Å². The summed E-state index contributed by atoms with van der Waals surface area (Å²) < 4.78 is 8.83. The van der Waals surface area contributed by atoms with Crippen molar-refractivity contribution < 1.29 is 4.74 Å². The first-order chi connectivity index (χ1) is 9.95. The van der Waals surface area contributed by atoms with Gasteiger partial charge in [0.05, 0.1) is 11.4 Å². The molecule has 2 aromatic rings. The molecule has 0 aliphatic heterocycles. The quantitative estimate of drug-likeness (QED) is 0.864. The molecule has 1 aromatic carbocycles. The molecular weight excluding hydrogens is 330 g/mol. The molecule has 0 fully saturated rings. The van der Waals surface area contributed by atoms with Crippen molar-refractivity contribution in [2.45, 2.75) is 40.0 Å². The number of halogens is 1. The Morgan fingerprint density at radius 3 is 2.71 bits per heavy atom. The predicted octanol–water partition coefficient (Wildman–Crippen LogP) is 3.57. The number of aryl methyl sites for hydroxylation is 2. The first-order valence-corrected chi connectivity index (χ1v) is 7.89. The van der Waals surface area contributed by atoms with Crippen LogP contribution in [0.25, 0.3) is 0 Å². The van der Waals surface area contributed by atoms with Gasteiger partial charge in [-0.25, -0.2) is 0 Å². The Labute approximate surface area is 134 Å². The maximum atomic E-state index is 5.88. The first-order valence-electron chi connectivity index (χ1n) is 7.10. The van der Waals surface area contributed by atoms with Gasteiger partial charge in [0.2, 0.25) is 0 Å². The van der Waals surface area contributed by atoms with Gasteiger partial charge in [0.15, 0.2) is 0 Å². The van der Waals surface area contributed by atoms with Crippen LogP contribution in [-0.2, 0) is 20.2 Å². The SMILES string of the molecule is Cc1cc(COc2ccc(Br)c(CNC(C)C)c2)n(C)n1. The lowest BCUT2D eigenvalue weighted by Crippen LogP contribution is -2.22. The van der Waals surface area contributed by atoms with Gasteiger partial charge in [0.25, 0.3) is 0 Å². The van der Waals surface area contributed by atoms with Crippen LogP contribution in [0.4, 0.5) is 0 Å². The minimum Gasteiger partial charge on any atom is -0.487 e. The average Bonchev–Trinajstić information content (AvgIpc) is 2.74. The zero-order chi connectivity index (χ0) is 15.4. The monoisotopic (exact) mass is 351 g/mol. The first kappa shape index (κ1) is 16.0. The van der Waals surface area contributed by atoms with Crippen molar-refractivity contribution in [1.82, 2.24) is 15.1 Å². The second kappa shape index (κ2) is 7.09. The van der Waals surface area contributed by atoms with E-state index in [0.29, 0.717) is 12.6 Å². The summed E-state index contributed by atoms with van der Waals surface area (Å²) in [6.45, 7) is 7.60. The molecule has 0 atom stereocenters. The van der Waals surface area contributed by atoms with E-state index >= 15 is 0 Å². The van der Waals surface area contributed by atoms with Crippen LogP contribution in [0.3, 0.4) is 0 Å². The molecule has 21 heavy (non-hydrogen) atoms. The third-order valence-corrected chi connectivity index (χ3v) is 3.98. The van der Waals surface area contributed by atoms with E-state index in [2.05, 4.69) is 46.3 Å². The van der Waals surface area contributed by atoms with Crippen molar-refractivity contribution in [3.05, 3.63) is 45.7 Å². The maximum absolute atomic E-state index is 5.88. The van der Waals surface area contributed by atoms with Crippen molar-refractivity contribution in [2.75, 3.05) is 0 Å². The molecule has 1 aromatic heterocycles. The minimum absolute atomic E-state index is 0.457. The zero-order valence-corrected chi connectivity index (χ0v) is 14.6. The summed E-state index contributed by atoms with van der Waals surface area (Å²) in [5.74, 6) is 0.873. The normalized spacial score (nSPS) is 11.1. The van der Waals surface area contributed by atoms with E-state index in [1.54, 1.807) is 0 Å². The van der Waals surface area contributed by atoms with Gasteiger partial charge in [-0.15, -0.1) is 0 Å². The fourth-order valence-electron chi connectivity index (χ4n) is 2.05. The number of benzene rings is 1. The van der Waals surface area contributed by atoms with Crippen LogP contribution in [-0.4, -0.2) is 15.8 Å². The van der Waals surface area contributed by atoms with Crippen LogP contribution < -0.4 is 10.1 Å². The van der Waals surface area contributed by atoms with E-state index in [-0.39, 0.29) is 0 Å². The summed E-state index contributed by atoms with van der Waals surface area (Å²) in [5.41, 5.74) is 3.27. The minimum atomic E-state index is 0.457. The number of hydrogen-bond donors (Lipinski definition) is 1. The summed E-state index contributed by atoms with van der Waals surface area (Å²) in [5, 5.41) is 7.74. The lowest BCUT2D eigenvalue weighted by atomic mass is 10.2. The Kier molecular flexibility index (Phi) is 5.42. The number of rotatable bonds is 6. The third kappa shape index (κ3) is 4.58. The molecule has 1 N–H and O–H groups in total. The fraction of sp³-hybridized carbons (Fsp3) is 0.438. The highest BCUT2D eigenvalue weighted by Crippen LogP contribution is 2.23. The fourth-order valence-corrected chi connectivity index (χ4v) is 2.43. The second-order valence-electron chi connectivity index (χ2n) is 5.48. The second-order valence-corrected chi connectivity index (χ2v) is 6.33. The van der Waals surface area contributed by atoms with Gasteiger partial charge in [-0.05, 0) is 36.8 Å². The number of nitrogens with zero attached hydrogens (tertiary/aromatic N) is 2. The molecule has 0 radical (unpaired) electrons. The molecule has 0 saturated heterocycles. The van der Waals surface area contributed by atoms with Crippen molar-refractivity contribution in [2.24, 2.45) is 7.05 Å². The lowest BCUT2D eigenvalue weighted by Gasteiger charge is -2.12. The molecule has 0 aliphatic carbocycles. The molecular formula is C16H22BrN3O. The summed E-state index contributed by atoms with van der Waals surface area (Å²) in [6.07, 6.45) is 0. The number of ether oxygens (including phenoxy) is 1. The highest BCUT2D eigenvalue weighted by atomic mass is 79.9. The summed E-state index contributed by atoms with van der Waals surface area (Å²) >= 11 is 3.58. The Bertz CT molecular complexity index is 608. The van der Waals surface area contributed by atoms with Gasteiger partial charge < -0.3 is 10.1 Å². The van der Waals surface area contributed by atoms with Gasteiger partial charge in [-0.2, -0.15) is 5.10 Å². The molecule has 114 valence electrons. The molecule has 0 bridgehead atoms. The van der Waals surface area contributed by atoms with Crippen LogP contribution in [0, 0.1) is 6.92 Å². The Morgan fingerprint density at radius 1 is 1.33 bits per heavy atom. The van der Waals surface area contributed by atoms with Gasteiger partial charge in [0, 0.05) is 24.1 Å². The molecule has 1 heterocycles. The molecule has 0 amide bonds. The highest BCUT2D eigenvalue weighted by molar-refractivity contribution is 9.10. The Balaban J connectivity index is 2.03. The van der Waals surface area contributed by atoms with Gasteiger partial charge in [-0.1, -0.05) is 29.8 Å². The van der Waals surface area contributed by atoms with Crippen LogP contribution >= 0.6 is 15.9 Å². The van der Waals surface area contributed by atoms with Crippen LogP contribution in [0.1, 0.15) is 30.8 Å². The summed E-state index contributed by atoms with van der Waals surface area (Å²) in [7, 11) is 1.94. The smallest absolute Gasteiger partial charge is 0.130 e. The molecule has 0 aliphatic rings. The number of hydrogen-bond acceptors (Lipinski definition) is 3. The van der Waals surface area contributed by atoms with Crippen molar-refractivity contribution in [3.63, 3.8) is 0 Å². The van der Waals surface area contributed by atoms with Crippen LogP contribution in [0.5, 0.6) is 5.75 Å². The largest absolute Gasteiger partial charge is 0.487 e. The standard InChI is InChI=1S/C16H22BrN3O/c1-11(2)18-9-13-8-15(5-6-16(13)17)21-10-14-7-12(3)19-20(14)4/h5-8,11,18H,9-10H2,1-4H3. The van der Waals surface area contributed by atoms with E-state index < -0.39 is 0 Å². The average molecular weight is 352 g/mol. The summed E-state index contributed by atoms with van der Waals surface area (Å²) in [4.78, 5) is 0. The number of nitrogens with one attached hydrogen (secondary N) is 1. The van der Waals surface area contributed by atoms with Gasteiger partial charge in [0.1, 0.15) is 12.4 Å². The number of aromatic nitrogens is 2.